The van der Waals surface area contributed by atoms with Crippen LogP contribution in [0.2, 0.25) is 0 Å². The maximum absolute atomic E-state index is 12.1. The van der Waals surface area contributed by atoms with Crippen LogP contribution < -0.4 is 0 Å². The van der Waals surface area contributed by atoms with E-state index in [2.05, 4.69) is 22.0 Å². The second-order valence-corrected chi connectivity index (χ2v) is 4.53. The van der Waals surface area contributed by atoms with E-state index in [9.17, 15) is 4.79 Å². The summed E-state index contributed by atoms with van der Waals surface area (Å²) in [4.78, 5) is 14.1. The number of nitrogens with zero attached hydrogens (tertiary/aromatic N) is 1. The standard InChI is InChI=1S/C12H14BrNO/c13-7-9-14-8-3-5-10-4-1-2-6-11(10)12(14)15/h1-2,4,6H,3,5,7-9H2. The summed E-state index contributed by atoms with van der Waals surface area (Å²) < 4.78 is 0. The number of carbonyl (C=O) groups is 1. The van der Waals surface area contributed by atoms with Crippen molar-refractivity contribution in [3.8, 4) is 0 Å². The second-order valence-electron chi connectivity index (χ2n) is 3.74. The Balaban J connectivity index is 2.30. The Labute approximate surface area is 98.4 Å². The monoisotopic (exact) mass is 267 g/mol. The van der Waals surface area contributed by atoms with Gasteiger partial charge in [-0.1, -0.05) is 34.1 Å². The fourth-order valence-corrected chi connectivity index (χ4v) is 2.42. The highest BCUT2D eigenvalue weighted by Gasteiger charge is 2.20. The van der Waals surface area contributed by atoms with Crippen LogP contribution in [0.3, 0.4) is 0 Å². The molecule has 2 rings (SSSR count). The van der Waals surface area contributed by atoms with E-state index in [0.29, 0.717) is 0 Å². The highest BCUT2D eigenvalue weighted by molar-refractivity contribution is 9.09. The van der Waals surface area contributed by atoms with Gasteiger partial charge in [0.1, 0.15) is 0 Å². The first-order valence-electron chi connectivity index (χ1n) is 5.26. The highest BCUT2D eigenvalue weighted by atomic mass is 79.9. The summed E-state index contributed by atoms with van der Waals surface area (Å²) in [5.41, 5.74) is 2.08. The van der Waals surface area contributed by atoms with E-state index in [4.69, 9.17) is 0 Å². The van der Waals surface area contributed by atoms with Crippen molar-refractivity contribution in [3.05, 3.63) is 35.4 Å². The molecule has 1 aromatic rings. The molecule has 0 aliphatic carbocycles. The Morgan fingerprint density at radius 1 is 1.33 bits per heavy atom. The summed E-state index contributed by atoms with van der Waals surface area (Å²) >= 11 is 3.38. The van der Waals surface area contributed by atoms with Crippen molar-refractivity contribution in [3.63, 3.8) is 0 Å². The normalized spacial score (nSPS) is 16.1. The Morgan fingerprint density at radius 3 is 2.93 bits per heavy atom. The highest BCUT2D eigenvalue weighted by Crippen LogP contribution is 2.18. The zero-order chi connectivity index (χ0) is 10.7. The van der Waals surface area contributed by atoms with Crippen LogP contribution in [0, 0.1) is 0 Å². The average molecular weight is 268 g/mol. The van der Waals surface area contributed by atoms with Gasteiger partial charge in [-0.05, 0) is 24.5 Å². The third-order valence-electron chi connectivity index (χ3n) is 2.76. The molecule has 0 aromatic heterocycles. The number of hydrogen-bond donors (Lipinski definition) is 0. The van der Waals surface area contributed by atoms with Gasteiger partial charge in [-0.15, -0.1) is 0 Å². The van der Waals surface area contributed by atoms with Gasteiger partial charge in [0, 0.05) is 24.0 Å². The van der Waals surface area contributed by atoms with Crippen molar-refractivity contribution in [2.75, 3.05) is 18.4 Å². The minimum absolute atomic E-state index is 0.183. The van der Waals surface area contributed by atoms with Gasteiger partial charge in [-0.3, -0.25) is 4.79 Å². The van der Waals surface area contributed by atoms with Crippen molar-refractivity contribution < 1.29 is 4.79 Å². The predicted octanol–water partition coefficient (Wildman–Crippen LogP) is 2.47. The van der Waals surface area contributed by atoms with Crippen LogP contribution in [-0.2, 0) is 6.42 Å². The zero-order valence-electron chi connectivity index (χ0n) is 8.58. The van der Waals surface area contributed by atoms with Crippen LogP contribution in [0.25, 0.3) is 0 Å². The molecule has 3 heteroatoms. The topological polar surface area (TPSA) is 20.3 Å². The molecule has 1 heterocycles. The molecule has 0 saturated heterocycles. The number of fused-ring (bicyclic) bond motifs is 1. The molecular formula is C12H14BrNO. The molecule has 1 aliphatic heterocycles. The molecule has 0 N–H and O–H groups in total. The van der Waals surface area contributed by atoms with Gasteiger partial charge >= 0.3 is 0 Å². The lowest BCUT2D eigenvalue weighted by Gasteiger charge is -2.19. The smallest absolute Gasteiger partial charge is 0.254 e. The number of aryl methyl sites for hydroxylation is 1. The molecule has 0 spiro atoms. The number of alkyl halides is 1. The summed E-state index contributed by atoms with van der Waals surface area (Å²) in [7, 11) is 0. The minimum Gasteiger partial charge on any atom is -0.338 e. The Hall–Kier alpha value is -0.830. The molecular weight excluding hydrogens is 254 g/mol. The molecule has 0 saturated carbocycles. The number of benzene rings is 1. The van der Waals surface area contributed by atoms with E-state index >= 15 is 0 Å². The Bertz CT molecular complexity index is 364. The fourth-order valence-electron chi connectivity index (χ4n) is 1.99. The molecule has 0 atom stereocenters. The van der Waals surface area contributed by atoms with Crippen molar-refractivity contribution in [2.24, 2.45) is 0 Å². The minimum atomic E-state index is 0.183. The lowest BCUT2D eigenvalue weighted by molar-refractivity contribution is 0.0772. The third kappa shape index (κ3) is 2.23. The summed E-state index contributed by atoms with van der Waals surface area (Å²) in [6.07, 6.45) is 2.08. The quantitative estimate of drug-likeness (QED) is 0.754. The van der Waals surface area contributed by atoms with Crippen molar-refractivity contribution in [1.82, 2.24) is 4.90 Å². The lowest BCUT2D eigenvalue weighted by atomic mass is 10.0. The van der Waals surface area contributed by atoms with Gasteiger partial charge < -0.3 is 4.90 Å². The van der Waals surface area contributed by atoms with Crippen molar-refractivity contribution in [2.45, 2.75) is 12.8 Å². The van der Waals surface area contributed by atoms with Crippen LogP contribution in [0.5, 0.6) is 0 Å². The van der Waals surface area contributed by atoms with E-state index in [1.54, 1.807) is 0 Å². The van der Waals surface area contributed by atoms with Crippen LogP contribution in [0.4, 0.5) is 0 Å². The molecule has 0 radical (unpaired) electrons. The van der Waals surface area contributed by atoms with E-state index in [1.807, 2.05) is 23.1 Å². The molecule has 1 amide bonds. The Morgan fingerprint density at radius 2 is 2.13 bits per heavy atom. The average Bonchev–Trinajstić information content (AvgIpc) is 2.41. The van der Waals surface area contributed by atoms with Gasteiger partial charge in [0.2, 0.25) is 0 Å². The first-order chi connectivity index (χ1) is 7.33. The summed E-state index contributed by atoms with van der Waals surface area (Å²) in [5.74, 6) is 0.183. The van der Waals surface area contributed by atoms with Crippen LogP contribution in [-0.4, -0.2) is 29.2 Å². The van der Waals surface area contributed by atoms with Gasteiger partial charge in [-0.2, -0.15) is 0 Å². The molecule has 2 nitrogen and oxygen atoms in total. The molecule has 0 fully saturated rings. The van der Waals surface area contributed by atoms with Crippen molar-refractivity contribution >= 4 is 21.8 Å². The molecule has 15 heavy (non-hydrogen) atoms. The lowest BCUT2D eigenvalue weighted by Crippen LogP contribution is -2.32. The summed E-state index contributed by atoms with van der Waals surface area (Å²) in [6, 6.07) is 7.94. The first-order valence-corrected chi connectivity index (χ1v) is 6.38. The van der Waals surface area contributed by atoms with Crippen LogP contribution in [0.1, 0.15) is 22.3 Å². The fraction of sp³-hybridized carbons (Fsp3) is 0.417. The molecule has 0 unspecified atom stereocenters. The number of rotatable bonds is 2. The summed E-state index contributed by atoms with van der Waals surface area (Å²) in [6.45, 7) is 1.67. The van der Waals surface area contributed by atoms with Gasteiger partial charge in [0.25, 0.3) is 5.91 Å². The van der Waals surface area contributed by atoms with Crippen molar-refractivity contribution in [1.29, 1.82) is 0 Å². The van der Waals surface area contributed by atoms with Gasteiger partial charge in [-0.25, -0.2) is 0 Å². The zero-order valence-corrected chi connectivity index (χ0v) is 10.2. The third-order valence-corrected chi connectivity index (χ3v) is 3.12. The largest absolute Gasteiger partial charge is 0.338 e. The number of carbonyl (C=O) groups excluding carboxylic acids is 1. The molecule has 80 valence electrons. The SMILES string of the molecule is O=C1c2ccccc2CCCN1CCBr. The van der Waals surface area contributed by atoms with Crippen LogP contribution >= 0.6 is 15.9 Å². The maximum atomic E-state index is 12.1. The summed E-state index contributed by atoms with van der Waals surface area (Å²) in [5, 5.41) is 0.848. The van der Waals surface area contributed by atoms with Gasteiger partial charge in [0.15, 0.2) is 0 Å². The van der Waals surface area contributed by atoms with Crippen LogP contribution in [0.15, 0.2) is 24.3 Å². The Kier molecular flexibility index (Phi) is 3.41. The van der Waals surface area contributed by atoms with E-state index in [-0.39, 0.29) is 5.91 Å². The van der Waals surface area contributed by atoms with E-state index < -0.39 is 0 Å². The second kappa shape index (κ2) is 4.79. The number of hydrogen-bond acceptors (Lipinski definition) is 1. The molecule has 0 bridgehead atoms. The maximum Gasteiger partial charge on any atom is 0.254 e. The number of amides is 1. The molecule has 1 aliphatic rings. The van der Waals surface area contributed by atoms with Gasteiger partial charge in [0.05, 0.1) is 0 Å². The predicted molar refractivity (Wildman–Crippen MR) is 64.5 cm³/mol. The van der Waals surface area contributed by atoms with E-state index in [0.717, 1.165) is 36.8 Å². The number of halogens is 1. The van der Waals surface area contributed by atoms with E-state index in [1.165, 1.54) is 5.56 Å². The first kappa shape index (κ1) is 10.7. The molecule has 1 aromatic carbocycles.